The van der Waals surface area contributed by atoms with Crippen LogP contribution in [0.25, 0.3) is 22.0 Å². The van der Waals surface area contributed by atoms with Gasteiger partial charge in [-0.15, -0.1) is 0 Å². The molecule has 0 spiro atoms. The van der Waals surface area contributed by atoms with E-state index in [1.807, 2.05) is 41.0 Å². The molecule has 0 aliphatic rings. The van der Waals surface area contributed by atoms with E-state index >= 15 is 0 Å². The van der Waals surface area contributed by atoms with Crippen LogP contribution in [0.15, 0.2) is 77.6 Å². The zero-order valence-corrected chi connectivity index (χ0v) is 16.1. The molecule has 0 saturated heterocycles. The van der Waals surface area contributed by atoms with E-state index in [4.69, 9.17) is 11.6 Å². The highest BCUT2D eigenvalue weighted by Crippen LogP contribution is 2.28. The Bertz CT molecular complexity index is 1190. The molecule has 3 aromatic carbocycles. The Hall–Kier alpha value is -2.84. The number of benzene rings is 3. The van der Waals surface area contributed by atoms with Crippen molar-refractivity contribution in [3.63, 3.8) is 0 Å². The Morgan fingerprint density at radius 3 is 2.30 bits per heavy atom. The highest BCUT2D eigenvalue weighted by molar-refractivity contribution is 6.35. The molecule has 0 aliphatic carbocycles. The largest absolute Gasteiger partial charge is 0.303 e. The Morgan fingerprint density at radius 1 is 0.815 bits per heavy atom. The number of fused-ring (bicyclic) bond motifs is 1. The van der Waals surface area contributed by atoms with Crippen LogP contribution in [0.4, 0.5) is 0 Å². The molecule has 0 amide bonds. The van der Waals surface area contributed by atoms with Crippen LogP contribution in [0.1, 0.15) is 16.7 Å². The fourth-order valence-electron chi connectivity index (χ4n) is 3.42. The third kappa shape index (κ3) is 3.41. The molecular weight excluding hydrogens is 354 g/mol. The maximum absolute atomic E-state index is 13.3. The van der Waals surface area contributed by atoms with Crippen LogP contribution < -0.4 is 5.56 Å². The summed E-state index contributed by atoms with van der Waals surface area (Å²) in [4.78, 5) is 13.3. The van der Waals surface area contributed by atoms with Gasteiger partial charge in [-0.2, -0.15) is 0 Å². The molecule has 0 bridgehead atoms. The van der Waals surface area contributed by atoms with Gasteiger partial charge in [-0.05, 0) is 49.2 Å². The minimum absolute atomic E-state index is 0.0212. The number of aromatic nitrogens is 1. The van der Waals surface area contributed by atoms with E-state index < -0.39 is 0 Å². The smallest absolute Gasteiger partial charge is 0.259 e. The van der Waals surface area contributed by atoms with Gasteiger partial charge in [0.05, 0.1) is 12.2 Å². The van der Waals surface area contributed by atoms with Crippen LogP contribution in [0.3, 0.4) is 0 Å². The topological polar surface area (TPSA) is 22.0 Å². The van der Waals surface area contributed by atoms with E-state index in [0.29, 0.717) is 17.0 Å². The number of hydrogen-bond donors (Lipinski definition) is 0. The molecule has 4 rings (SSSR count). The summed E-state index contributed by atoms with van der Waals surface area (Å²) in [6.07, 6.45) is 0. The number of nitrogens with zero attached hydrogens (tertiary/aromatic N) is 1. The molecular formula is C24H20ClNO. The molecule has 27 heavy (non-hydrogen) atoms. The van der Waals surface area contributed by atoms with Crippen molar-refractivity contribution in [3.05, 3.63) is 105 Å². The Balaban J connectivity index is 1.99. The van der Waals surface area contributed by atoms with E-state index in [9.17, 15) is 4.79 Å². The first-order chi connectivity index (χ1) is 13.0. The highest BCUT2D eigenvalue weighted by atomic mass is 35.5. The van der Waals surface area contributed by atoms with Gasteiger partial charge in [-0.3, -0.25) is 4.79 Å². The molecule has 134 valence electrons. The zero-order valence-electron chi connectivity index (χ0n) is 15.4. The third-order valence-corrected chi connectivity index (χ3v) is 5.21. The van der Waals surface area contributed by atoms with Crippen molar-refractivity contribution in [3.8, 4) is 11.3 Å². The Morgan fingerprint density at radius 2 is 1.56 bits per heavy atom. The second-order valence-electron chi connectivity index (χ2n) is 6.98. The summed E-state index contributed by atoms with van der Waals surface area (Å²) >= 11 is 6.40. The van der Waals surface area contributed by atoms with Crippen LogP contribution in [0.5, 0.6) is 0 Å². The molecule has 0 unspecified atom stereocenters. The van der Waals surface area contributed by atoms with Crippen molar-refractivity contribution in [2.75, 3.05) is 0 Å². The molecule has 0 saturated carbocycles. The van der Waals surface area contributed by atoms with Crippen LogP contribution in [-0.2, 0) is 6.54 Å². The normalized spacial score (nSPS) is 11.1. The molecule has 3 heteroatoms. The molecule has 1 heterocycles. The summed E-state index contributed by atoms with van der Waals surface area (Å²) in [5, 5.41) is 2.04. The lowest BCUT2D eigenvalue weighted by atomic mass is 10.0. The van der Waals surface area contributed by atoms with Gasteiger partial charge in [-0.25, -0.2) is 0 Å². The van der Waals surface area contributed by atoms with E-state index in [0.717, 1.165) is 27.8 Å². The lowest BCUT2D eigenvalue weighted by molar-refractivity contribution is 0.776. The monoisotopic (exact) mass is 373 g/mol. The summed E-state index contributed by atoms with van der Waals surface area (Å²) < 4.78 is 1.85. The zero-order chi connectivity index (χ0) is 19.0. The summed E-state index contributed by atoms with van der Waals surface area (Å²) in [7, 11) is 0. The number of pyridine rings is 1. The van der Waals surface area contributed by atoms with Gasteiger partial charge in [0, 0.05) is 15.8 Å². The molecule has 0 fully saturated rings. The first kappa shape index (κ1) is 17.6. The number of hydrogen-bond acceptors (Lipinski definition) is 1. The van der Waals surface area contributed by atoms with E-state index in [-0.39, 0.29) is 5.56 Å². The number of halogens is 1. The SMILES string of the molecule is Cc1ccc(Cn2c(-c3cccc(C)c3)cc3c(Cl)cccc3c2=O)cc1. The third-order valence-electron chi connectivity index (χ3n) is 4.88. The molecule has 4 aromatic rings. The Labute approximate surface area is 163 Å². The highest BCUT2D eigenvalue weighted by Gasteiger charge is 2.13. The second kappa shape index (κ2) is 7.05. The van der Waals surface area contributed by atoms with Crippen molar-refractivity contribution >= 4 is 22.4 Å². The molecule has 2 nitrogen and oxygen atoms in total. The van der Waals surface area contributed by atoms with Crippen molar-refractivity contribution in [1.82, 2.24) is 4.57 Å². The van der Waals surface area contributed by atoms with Crippen molar-refractivity contribution in [2.24, 2.45) is 0 Å². The van der Waals surface area contributed by atoms with Gasteiger partial charge >= 0.3 is 0 Å². The molecule has 0 N–H and O–H groups in total. The maximum Gasteiger partial charge on any atom is 0.259 e. The van der Waals surface area contributed by atoms with E-state index in [2.05, 4.69) is 50.2 Å². The fraction of sp³-hybridized carbons (Fsp3) is 0.125. The van der Waals surface area contributed by atoms with Crippen molar-refractivity contribution < 1.29 is 0 Å². The second-order valence-corrected chi connectivity index (χ2v) is 7.38. The van der Waals surface area contributed by atoms with Gasteiger partial charge in [-0.1, -0.05) is 71.3 Å². The van der Waals surface area contributed by atoms with E-state index in [1.165, 1.54) is 5.56 Å². The van der Waals surface area contributed by atoms with Crippen LogP contribution in [0.2, 0.25) is 5.02 Å². The fourth-order valence-corrected chi connectivity index (χ4v) is 3.65. The van der Waals surface area contributed by atoms with Crippen LogP contribution >= 0.6 is 11.6 Å². The lowest BCUT2D eigenvalue weighted by Gasteiger charge is -2.16. The van der Waals surface area contributed by atoms with Crippen LogP contribution in [-0.4, -0.2) is 4.57 Å². The Kier molecular flexibility index (Phi) is 4.59. The summed E-state index contributed by atoms with van der Waals surface area (Å²) in [6.45, 7) is 4.64. The average molecular weight is 374 g/mol. The van der Waals surface area contributed by atoms with Crippen LogP contribution in [0, 0.1) is 13.8 Å². The summed E-state index contributed by atoms with van der Waals surface area (Å²) in [5.74, 6) is 0. The minimum Gasteiger partial charge on any atom is -0.303 e. The quantitative estimate of drug-likeness (QED) is 0.432. The first-order valence-electron chi connectivity index (χ1n) is 8.97. The predicted molar refractivity (Wildman–Crippen MR) is 114 cm³/mol. The van der Waals surface area contributed by atoms with Gasteiger partial charge in [0.1, 0.15) is 0 Å². The maximum atomic E-state index is 13.3. The van der Waals surface area contributed by atoms with Gasteiger partial charge in [0.25, 0.3) is 5.56 Å². The molecule has 0 atom stereocenters. The van der Waals surface area contributed by atoms with Crippen molar-refractivity contribution in [2.45, 2.75) is 20.4 Å². The lowest BCUT2D eigenvalue weighted by Crippen LogP contribution is -2.22. The predicted octanol–water partition coefficient (Wildman–Crippen LogP) is 5.99. The summed E-state index contributed by atoms with van der Waals surface area (Å²) in [6, 6.07) is 24.0. The number of aryl methyl sites for hydroxylation is 2. The van der Waals surface area contributed by atoms with Gasteiger partial charge in [0.15, 0.2) is 0 Å². The molecule has 0 radical (unpaired) electrons. The van der Waals surface area contributed by atoms with E-state index in [1.54, 1.807) is 0 Å². The molecule has 1 aromatic heterocycles. The van der Waals surface area contributed by atoms with Gasteiger partial charge in [0.2, 0.25) is 0 Å². The minimum atomic E-state index is -0.0212. The summed E-state index contributed by atoms with van der Waals surface area (Å²) in [5.41, 5.74) is 5.33. The first-order valence-corrected chi connectivity index (χ1v) is 9.35. The average Bonchev–Trinajstić information content (AvgIpc) is 2.66. The molecule has 0 aliphatic heterocycles. The number of rotatable bonds is 3. The van der Waals surface area contributed by atoms with Crippen molar-refractivity contribution in [1.29, 1.82) is 0 Å². The standard InChI is InChI=1S/C24H20ClNO/c1-16-9-11-18(12-10-16)15-26-23(19-6-3-5-17(2)13-19)14-21-20(24(26)27)7-4-8-22(21)25/h3-14H,15H2,1-2H3. The van der Waals surface area contributed by atoms with Gasteiger partial charge < -0.3 is 4.57 Å².